The highest BCUT2D eigenvalue weighted by atomic mass is 16.5. The molecule has 2 aromatic rings. The maximum Gasteiger partial charge on any atom is 0.119 e. The summed E-state index contributed by atoms with van der Waals surface area (Å²) in [6.45, 7) is 5.46. The summed E-state index contributed by atoms with van der Waals surface area (Å²) in [5, 5.41) is 0. The molecule has 0 unspecified atom stereocenters. The highest BCUT2D eigenvalue weighted by molar-refractivity contribution is 5.27. The van der Waals surface area contributed by atoms with E-state index in [9.17, 15) is 0 Å². The summed E-state index contributed by atoms with van der Waals surface area (Å²) in [6.07, 6.45) is 4.45. The third-order valence-electron chi connectivity index (χ3n) is 4.22. The Bertz CT molecular complexity index is 607. The second-order valence-electron chi connectivity index (χ2n) is 6.61. The number of benzene rings is 2. The normalized spacial score (nSPS) is 10.7. The molecular formula is C23H32O4. The first-order chi connectivity index (χ1) is 13.3. The molecule has 4 heteroatoms. The molecule has 0 bridgehead atoms. The molecule has 4 nitrogen and oxygen atoms in total. The number of aryl methyl sites for hydroxylation is 1. The Morgan fingerprint density at radius 1 is 0.630 bits per heavy atom. The van der Waals surface area contributed by atoms with Crippen LogP contribution >= 0.6 is 0 Å². The Labute approximate surface area is 163 Å². The van der Waals surface area contributed by atoms with Crippen LogP contribution in [0, 0.1) is 6.92 Å². The van der Waals surface area contributed by atoms with Crippen molar-refractivity contribution in [3.63, 3.8) is 0 Å². The minimum Gasteiger partial charge on any atom is -0.494 e. The molecule has 0 aromatic heterocycles. The van der Waals surface area contributed by atoms with E-state index in [0.29, 0.717) is 19.8 Å². The maximum atomic E-state index is 5.80. The summed E-state index contributed by atoms with van der Waals surface area (Å²) in [5.41, 5.74) is 2.40. The van der Waals surface area contributed by atoms with Crippen LogP contribution in [0.4, 0.5) is 0 Å². The van der Waals surface area contributed by atoms with Gasteiger partial charge in [0.25, 0.3) is 0 Å². The van der Waals surface area contributed by atoms with Crippen molar-refractivity contribution < 1.29 is 18.9 Å². The average Bonchev–Trinajstić information content (AvgIpc) is 2.70. The maximum absolute atomic E-state index is 5.80. The van der Waals surface area contributed by atoms with Crippen LogP contribution < -0.4 is 9.47 Å². The topological polar surface area (TPSA) is 36.9 Å². The van der Waals surface area contributed by atoms with E-state index < -0.39 is 0 Å². The van der Waals surface area contributed by atoms with Crippen LogP contribution in [0.15, 0.2) is 48.5 Å². The van der Waals surface area contributed by atoms with Gasteiger partial charge >= 0.3 is 0 Å². The van der Waals surface area contributed by atoms with Crippen LogP contribution in [-0.4, -0.2) is 33.5 Å². The van der Waals surface area contributed by atoms with Crippen molar-refractivity contribution in [3.05, 3.63) is 59.7 Å². The number of hydrogen-bond acceptors (Lipinski definition) is 4. The van der Waals surface area contributed by atoms with E-state index in [1.165, 1.54) is 5.56 Å². The molecule has 0 aliphatic carbocycles. The third kappa shape index (κ3) is 9.45. The van der Waals surface area contributed by atoms with Gasteiger partial charge in [-0.3, -0.25) is 0 Å². The fourth-order valence-corrected chi connectivity index (χ4v) is 2.59. The molecule has 0 atom stereocenters. The summed E-state index contributed by atoms with van der Waals surface area (Å²) < 4.78 is 22.0. The lowest BCUT2D eigenvalue weighted by molar-refractivity contribution is 0.0616. The molecule has 0 fully saturated rings. The first-order valence-electron chi connectivity index (χ1n) is 9.76. The van der Waals surface area contributed by atoms with Crippen molar-refractivity contribution in [1.29, 1.82) is 0 Å². The van der Waals surface area contributed by atoms with E-state index in [1.54, 1.807) is 7.11 Å². The smallest absolute Gasteiger partial charge is 0.119 e. The number of unbranched alkanes of at least 4 members (excludes halogenated alkanes) is 3. The minimum atomic E-state index is 0.605. The van der Waals surface area contributed by atoms with Gasteiger partial charge in [-0.25, -0.2) is 0 Å². The molecular weight excluding hydrogens is 340 g/mol. The zero-order valence-corrected chi connectivity index (χ0v) is 16.6. The predicted octanol–water partition coefficient (Wildman–Crippen LogP) is 5.18. The molecule has 0 amide bonds. The van der Waals surface area contributed by atoms with Gasteiger partial charge in [0, 0.05) is 7.11 Å². The lowest BCUT2D eigenvalue weighted by atomic mass is 10.2. The van der Waals surface area contributed by atoms with Gasteiger partial charge in [0.05, 0.1) is 33.0 Å². The second kappa shape index (κ2) is 13.2. The van der Waals surface area contributed by atoms with Crippen LogP contribution in [-0.2, 0) is 16.1 Å². The molecule has 0 N–H and O–H groups in total. The van der Waals surface area contributed by atoms with Crippen molar-refractivity contribution in [3.8, 4) is 11.5 Å². The fraction of sp³-hybridized carbons (Fsp3) is 0.478. The zero-order valence-electron chi connectivity index (χ0n) is 16.6. The van der Waals surface area contributed by atoms with Gasteiger partial charge in [0.15, 0.2) is 0 Å². The van der Waals surface area contributed by atoms with Crippen LogP contribution in [0.5, 0.6) is 11.5 Å². The lowest BCUT2D eigenvalue weighted by Gasteiger charge is -2.08. The number of methoxy groups -OCH3 is 1. The standard InChI is InChI=1S/C23H32O4/c1-20-7-11-22(12-8-20)26-15-5-3-4-6-16-27-23-13-9-21(10-14-23)19-25-18-17-24-2/h7-14H,3-6,15-19H2,1-2H3. The average molecular weight is 373 g/mol. The van der Waals surface area contributed by atoms with Gasteiger partial charge in [-0.05, 0) is 62.4 Å². The quantitative estimate of drug-likeness (QED) is 0.428. The van der Waals surface area contributed by atoms with Gasteiger partial charge in [0.2, 0.25) is 0 Å². The first-order valence-corrected chi connectivity index (χ1v) is 9.76. The molecule has 148 valence electrons. The first kappa shape index (κ1) is 21.3. The molecule has 2 rings (SSSR count). The van der Waals surface area contributed by atoms with Crippen LogP contribution in [0.1, 0.15) is 36.8 Å². The Hall–Kier alpha value is -2.04. The third-order valence-corrected chi connectivity index (χ3v) is 4.22. The highest BCUT2D eigenvalue weighted by Crippen LogP contribution is 2.14. The summed E-state index contributed by atoms with van der Waals surface area (Å²) in [5.74, 6) is 1.87. The van der Waals surface area contributed by atoms with Crippen molar-refractivity contribution in [2.75, 3.05) is 33.5 Å². The van der Waals surface area contributed by atoms with Crippen LogP contribution in [0.2, 0.25) is 0 Å². The van der Waals surface area contributed by atoms with Crippen molar-refractivity contribution >= 4 is 0 Å². The summed E-state index contributed by atoms with van der Waals surface area (Å²) in [7, 11) is 1.68. The molecule has 0 heterocycles. The monoisotopic (exact) mass is 372 g/mol. The Morgan fingerprint density at radius 3 is 1.74 bits per heavy atom. The number of hydrogen-bond donors (Lipinski definition) is 0. The predicted molar refractivity (Wildman–Crippen MR) is 109 cm³/mol. The van der Waals surface area contributed by atoms with Crippen LogP contribution in [0.25, 0.3) is 0 Å². The minimum absolute atomic E-state index is 0.605. The molecule has 2 aromatic carbocycles. The van der Waals surface area contributed by atoms with E-state index >= 15 is 0 Å². The van der Waals surface area contributed by atoms with Gasteiger partial charge < -0.3 is 18.9 Å². The Kier molecular flexibility index (Phi) is 10.4. The molecule has 0 saturated heterocycles. The van der Waals surface area contributed by atoms with Crippen molar-refractivity contribution in [2.24, 2.45) is 0 Å². The van der Waals surface area contributed by atoms with Gasteiger partial charge in [-0.1, -0.05) is 29.8 Å². The number of ether oxygens (including phenoxy) is 4. The molecule has 0 aliphatic rings. The second-order valence-corrected chi connectivity index (χ2v) is 6.61. The molecule has 0 saturated carbocycles. The SMILES string of the molecule is COCCOCc1ccc(OCCCCCCOc2ccc(C)cc2)cc1. The fourth-order valence-electron chi connectivity index (χ4n) is 2.59. The highest BCUT2D eigenvalue weighted by Gasteiger charge is 1.98. The van der Waals surface area contributed by atoms with E-state index in [4.69, 9.17) is 18.9 Å². The molecule has 0 radical (unpaired) electrons. The summed E-state index contributed by atoms with van der Waals surface area (Å²) >= 11 is 0. The van der Waals surface area contributed by atoms with E-state index in [1.807, 2.05) is 36.4 Å². The van der Waals surface area contributed by atoms with Gasteiger partial charge in [0.1, 0.15) is 11.5 Å². The summed E-state index contributed by atoms with van der Waals surface area (Å²) in [6, 6.07) is 16.3. The van der Waals surface area contributed by atoms with E-state index in [-0.39, 0.29) is 0 Å². The van der Waals surface area contributed by atoms with Gasteiger partial charge in [-0.2, -0.15) is 0 Å². The zero-order chi connectivity index (χ0) is 19.2. The van der Waals surface area contributed by atoms with E-state index in [2.05, 4.69) is 19.1 Å². The largest absolute Gasteiger partial charge is 0.494 e. The van der Waals surface area contributed by atoms with Crippen molar-refractivity contribution in [1.82, 2.24) is 0 Å². The lowest BCUT2D eigenvalue weighted by Crippen LogP contribution is -2.02. The Balaban J connectivity index is 1.47. The molecule has 0 spiro atoms. The van der Waals surface area contributed by atoms with E-state index in [0.717, 1.165) is 56.0 Å². The van der Waals surface area contributed by atoms with Crippen LogP contribution in [0.3, 0.4) is 0 Å². The van der Waals surface area contributed by atoms with Crippen molar-refractivity contribution in [2.45, 2.75) is 39.2 Å². The van der Waals surface area contributed by atoms with Gasteiger partial charge in [-0.15, -0.1) is 0 Å². The number of rotatable bonds is 14. The molecule has 0 aliphatic heterocycles. The summed E-state index contributed by atoms with van der Waals surface area (Å²) in [4.78, 5) is 0. The Morgan fingerprint density at radius 2 is 1.19 bits per heavy atom. The molecule has 27 heavy (non-hydrogen) atoms.